The normalized spacial score (nSPS) is 15.7. The molecule has 0 saturated carbocycles. The van der Waals surface area contributed by atoms with E-state index in [4.69, 9.17) is 0 Å². The maximum atomic E-state index is 14.3. The first-order valence-corrected chi connectivity index (χ1v) is 17.6. The Labute approximate surface area is 296 Å². The molecule has 2 atom stereocenters. The van der Waals surface area contributed by atoms with Crippen molar-refractivity contribution in [1.29, 1.82) is 0 Å². The van der Waals surface area contributed by atoms with Gasteiger partial charge in [0.25, 0.3) is 23.6 Å². The molecule has 2 heterocycles. The Kier molecular flexibility index (Phi) is 6.47. The molecule has 9 rings (SSSR count). The maximum absolute atomic E-state index is 14.3. The Hall–Kier alpha value is -5.40. The summed E-state index contributed by atoms with van der Waals surface area (Å²) in [4.78, 5) is 59.8. The zero-order chi connectivity index (χ0) is 34.9. The first-order chi connectivity index (χ1) is 24.0. The Morgan fingerprint density at radius 3 is 1.34 bits per heavy atom. The van der Waals surface area contributed by atoms with Crippen molar-refractivity contribution in [3.8, 4) is 0 Å². The fourth-order valence-electron chi connectivity index (χ4n) is 8.35. The van der Waals surface area contributed by atoms with Gasteiger partial charge in [0.2, 0.25) is 0 Å². The highest BCUT2D eigenvalue weighted by atomic mass is 79.9. The standard InChI is InChI=1S/C43H31BrN2O4/c1-20-6-10-25(11-7-20)23(4)45-40(47)29-17-15-28-37-33(44)19-32-36-30(41(48)46(43(32)50)24(5)26-12-8-21(2)9-13-26)16-14-27(39(36)37)34-22(3)18-31(42(45)49)35(29)38(28)34/h6-19,23-24H,1-5H3. The topological polar surface area (TPSA) is 74.8 Å². The van der Waals surface area contributed by atoms with Gasteiger partial charge in [-0.25, -0.2) is 0 Å². The zero-order valence-corrected chi connectivity index (χ0v) is 29.7. The van der Waals surface area contributed by atoms with Crippen LogP contribution in [-0.4, -0.2) is 33.4 Å². The molecule has 50 heavy (non-hydrogen) atoms. The van der Waals surface area contributed by atoms with E-state index in [-0.39, 0.29) is 23.6 Å². The third-order valence-electron chi connectivity index (χ3n) is 10.9. The predicted molar refractivity (Wildman–Crippen MR) is 200 cm³/mol. The van der Waals surface area contributed by atoms with Crippen LogP contribution in [0.2, 0.25) is 0 Å². The summed E-state index contributed by atoms with van der Waals surface area (Å²) in [5.74, 6) is -1.32. The molecule has 244 valence electrons. The zero-order valence-electron chi connectivity index (χ0n) is 28.1. The van der Waals surface area contributed by atoms with E-state index < -0.39 is 12.1 Å². The molecule has 0 bridgehead atoms. The summed E-state index contributed by atoms with van der Waals surface area (Å²) in [5.41, 5.74) is 6.76. The Balaban J connectivity index is 1.28. The minimum absolute atomic E-state index is 0.323. The van der Waals surface area contributed by atoms with Crippen LogP contribution in [0.5, 0.6) is 0 Å². The molecule has 0 radical (unpaired) electrons. The number of rotatable bonds is 4. The first kappa shape index (κ1) is 30.6. The first-order valence-electron chi connectivity index (χ1n) is 16.8. The lowest BCUT2D eigenvalue weighted by molar-refractivity contribution is 0.0534. The number of benzene rings is 7. The molecule has 0 spiro atoms. The largest absolute Gasteiger partial charge is 0.269 e. The van der Waals surface area contributed by atoms with Crippen LogP contribution in [0.25, 0.3) is 43.1 Å². The molecule has 0 N–H and O–H groups in total. The number of carbonyl (C=O) groups excluding carboxylic acids is 4. The molecule has 7 aromatic carbocycles. The molecule has 0 aliphatic carbocycles. The summed E-state index contributed by atoms with van der Waals surface area (Å²) in [5, 5.41) is 6.38. The van der Waals surface area contributed by atoms with Crippen LogP contribution in [0, 0.1) is 20.8 Å². The van der Waals surface area contributed by atoms with Crippen LogP contribution >= 0.6 is 15.9 Å². The quantitative estimate of drug-likeness (QED) is 0.103. The van der Waals surface area contributed by atoms with Gasteiger partial charge in [-0.15, -0.1) is 0 Å². The summed E-state index contributed by atoms with van der Waals surface area (Å²) in [6.45, 7) is 9.77. The van der Waals surface area contributed by atoms with Gasteiger partial charge in [-0.1, -0.05) is 87.7 Å². The molecule has 7 aromatic rings. The molecule has 2 aliphatic rings. The molecular weight excluding hydrogens is 688 g/mol. The number of hydrogen-bond acceptors (Lipinski definition) is 4. The van der Waals surface area contributed by atoms with E-state index in [1.807, 2.05) is 120 Å². The van der Waals surface area contributed by atoms with E-state index in [9.17, 15) is 19.2 Å². The smallest absolute Gasteiger partial charge is 0.262 e. The fourth-order valence-corrected chi connectivity index (χ4v) is 8.99. The highest BCUT2D eigenvalue weighted by Crippen LogP contribution is 2.50. The minimum Gasteiger partial charge on any atom is -0.269 e. The Bertz CT molecular complexity index is 2510. The molecule has 0 fully saturated rings. The van der Waals surface area contributed by atoms with Gasteiger partial charge in [0.05, 0.1) is 12.1 Å². The van der Waals surface area contributed by atoms with Crippen LogP contribution < -0.4 is 0 Å². The van der Waals surface area contributed by atoms with Crippen LogP contribution in [-0.2, 0) is 0 Å². The monoisotopic (exact) mass is 718 g/mol. The Morgan fingerprint density at radius 2 is 0.860 bits per heavy atom. The van der Waals surface area contributed by atoms with Gasteiger partial charge in [-0.05, 0) is 97.1 Å². The second kappa shape index (κ2) is 10.6. The number of imide groups is 2. The van der Waals surface area contributed by atoms with E-state index in [1.54, 1.807) is 0 Å². The van der Waals surface area contributed by atoms with E-state index in [0.717, 1.165) is 60.1 Å². The lowest BCUT2D eigenvalue weighted by atomic mass is 9.80. The minimum atomic E-state index is -0.465. The third-order valence-corrected chi connectivity index (χ3v) is 11.6. The molecule has 2 unspecified atom stereocenters. The molecular formula is C43H31BrN2O4. The Morgan fingerprint density at radius 1 is 0.460 bits per heavy atom. The molecule has 7 heteroatoms. The van der Waals surface area contributed by atoms with E-state index in [2.05, 4.69) is 15.9 Å². The van der Waals surface area contributed by atoms with E-state index in [1.165, 1.54) is 9.80 Å². The molecule has 0 aromatic heterocycles. The van der Waals surface area contributed by atoms with Gasteiger partial charge in [-0.2, -0.15) is 0 Å². The lowest BCUT2D eigenvalue weighted by Crippen LogP contribution is -2.42. The van der Waals surface area contributed by atoms with Crippen molar-refractivity contribution in [2.75, 3.05) is 0 Å². The van der Waals surface area contributed by atoms with Gasteiger partial charge >= 0.3 is 0 Å². The highest BCUT2D eigenvalue weighted by molar-refractivity contribution is 9.10. The summed E-state index contributed by atoms with van der Waals surface area (Å²) in [7, 11) is 0. The number of carbonyl (C=O) groups is 4. The van der Waals surface area contributed by atoms with Gasteiger partial charge in [0, 0.05) is 48.3 Å². The van der Waals surface area contributed by atoms with Gasteiger partial charge in [0.15, 0.2) is 0 Å². The molecule has 2 aliphatic heterocycles. The summed E-state index contributed by atoms with van der Waals surface area (Å²) < 4.78 is 0.705. The van der Waals surface area contributed by atoms with Crippen molar-refractivity contribution >= 4 is 82.6 Å². The van der Waals surface area contributed by atoms with Crippen LogP contribution in [0.15, 0.2) is 89.4 Å². The van der Waals surface area contributed by atoms with Gasteiger partial charge in [0.1, 0.15) is 0 Å². The molecule has 6 nitrogen and oxygen atoms in total. The summed E-state index contributed by atoms with van der Waals surface area (Å²) in [6, 6.07) is 26.1. The van der Waals surface area contributed by atoms with Crippen molar-refractivity contribution in [2.24, 2.45) is 0 Å². The average Bonchev–Trinajstić information content (AvgIpc) is 3.10. The number of halogens is 1. The van der Waals surface area contributed by atoms with Crippen molar-refractivity contribution in [3.63, 3.8) is 0 Å². The molecule has 4 amide bonds. The van der Waals surface area contributed by atoms with Gasteiger partial charge < -0.3 is 0 Å². The maximum Gasteiger partial charge on any atom is 0.262 e. The van der Waals surface area contributed by atoms with E-state index >= 15 is 0 Å². The predicted octanol–water partition coefficient (Wildman–Crippen LogP) is 10.1. The number of nitrogens with zero attached hydrogens (tertiary/aromatic N) is 2. The number of aryl methyl sites for hydroxylation is 3. The van der Waals surface area contributed by atoms with E-state index in [0.29, 0.717) is 37.5 Å². The van der Waals surface area contributed by atoms with Crippen molar-refractivity contribution in [1.82, 2.24) is 9.80 Å². The fraction of sp³-hybridized carbons (Fsp3) is 0.163. The van der Waals surface area contributed by atoms with Crippen molar-refractivity contribution < 1.29 is 19.2 Å². The number of amides is 4. The van der Waals surface area contributed by atoms with Crippen molar-refractivity contribution in [2.45, 2.75) is 46.7 Å². The SMILES string of the molecule is Cc1ccc(C(C)N2C(=O)c3ccc4c5c(Br)cc6c7c(ccc(c8c(C)cc(c3c48)C2=O)c75)C(=O)N(C(C)c2ccc(C)cc2)C6=O)cc1. The highest BCUT2D eigenvalue weighted by Gasteiger charge is 2.40. The van der Waals surface area contributed by atoms with Crippen LogP contribution in [0.4, 0.5) is 0 Å². The van der Waals surface area contributed by atoms with Crippen molar-refractivity contribution in [3.05, 3.63) is 139 Å². The second-order valence-corrected chi connectivity index (χ2v) is 14.7. The van der Waals surface area contributed by atoms with Crippen LogP contribution in [0.1, 0.15) is 95.2 Å². The third kappa shape index (κ3) is 3.95. The van der Waals surface area contributed by atoms with Gasteiger partial charge in [-0.3, -0.25) is 29.0 Å². The molecule has 0 saturated heterocycles. The number of hydrogen-bond donors (Lipinski definition) is 0. The average molecular weight is 720 g/mol. The lowest BCUT2D eigenvalue weighted by Gasteiger charge is -2.34. The second-order valence-electron chi connectivity index (χ2n) is 13.9. The summed E-state index contributed by atoms with van der Waals surface area (Å²) in [6.07, 6.45) is 0. The van der Waals surface area contributed by atoms with Crippen LogP contribution in [0.3, 0.4) is 0 Å². The number of fused-ring (bicyclic) bond motifs is 2. The summed E-state index contributed by atoms with van der Waals surface area (Å²) >= 11 is 3.83.